The van der Waals surface area contributed by atoms with Crippen molar-refractivity contribution in [1.29, 1.82) is 0 Å². The first-order valence-electron chi connectivity index (χ1n) is 5.41. The van der Waals surface area contributed by atoms with Gasteiger partial charge >= 0.3 is 0 Å². The highest BCUT2D eigenvalue weighted by atomic mass is 14.8. The summed E-state index contributed by atoms with van der Waals surface area (Å²) in [7, 11) is 0. The van der Waals surface area contributed by atoms with Gasteiger partial charge in [0.1, 0.15) is 0 Å². The molecule has 2 nitrogen and oxygen atoms in total. The molecule has 0 fully saturated rings. The number of hydrogen-bond donors (Lipinski definition) is 1. The molecule has 0 aliphatic heterocycles. The average molecular weight is 196 g/mol. The van der Waals surface area contributed by atoms with E-state index in [4.69, 9.17) is 5.73 Å². The van der Waals surface area contributed by atoms with E-state index in [-0.39, 0.29) is 5.41 Å². The maximum Gasteiger partial charge on any atom is 0.0494 e. The van der Waals surface area contributed by atoms with E-state index in [2.05, 4.69) is 39.6 Å². The summed E-state index contributed by atoms with van der Waals surface area (Å²) in [6, 6.07) is 0.437. The van der Waals surface area contributed by atoms with Crippen molar-refractivity contribution in [3.8, 4) is 0 Å². The lowest BCUT2D eigenvalue weighted by molar-refractivity contribution is 0.523. The third-order valence-electron chi connectivity index (χ3n) is 2.41. The Bertz CT molecular complexity index is 205. The Morgan fingerprint density at radius 2 is 1.79 bits per heavy atom. The molecule has 82 valence electrons. The summed E-state index contributed by atoms with van der Waals surface area (Å²) >= 11 is 0. The molecular formula is C12H24N2. The molecule has 0 saturated carbocycles. The summed E-state index contributed by atoms with van der Waals surface area (Å²) in [4.78, 5) is 4.53. The SMILES string of the molecule is CCC(CC)N=C/C(=C\N)C(C)(C)C. The van der Waals surface area contributed by atoms with Gasteiger partial charge in [-0.15, -0.1) is 0 Å². The normalized spacial score (nSPS) is 14.3. The second-order valence-electron chi connectivity index (χ2n) is 4.62. The van der Waals surface area contributed by atoms with Crippen LogP contribution in [0, 0.1) is 5.41 Å². The van der Waals surface area contributed by atoms with Crippen LogP contribution in [-0.2, 0) is 0 Å². The first-order valence-corrected chi connectivity index (χ1v) is 5.41. The molecule has 2 heteroatoms. The standard InChI is InChI=1S/C12H24N2/c1-6-11(7-2)14-9-10(8-13)12(3,4)5/h8-9,11H,6-7,13H2,1-5H3/b10-8+,14-9?. The number of nitrogens with zero attached hydrogens (tertiary/aromatic N) is 1. The molecule has 0 atom stereocenters. The lowest BCUT2D eigenvalue weighted by atomic mass is 9.88. The van der Waals surface area contributed by atoms with E-state index in [1.54, 1.807) is 6.20 Å². The predicted molar refractivity (Wildman–Crippen MR) is 64.6 cm³/mol. The van der Waals surface area contributed by atoms with E-state index < -0.39 is 0 Å². The minimum absolute atomic E-state index is 0.0876. The van der Waals surface area contributed by atoms with Gasteiger partial charge in [-0.3, -0.25) is 4.99 Å². The van der Waals surface area contributed by atoms with Crippen LogP contribution < -0.4 is 5.73 Å². The Hall–Kier alpha value is -0.790. The Labute approximate surface area is 88.3 Å². The van der Waals surface area contributed by atoms with Crippen molar-refractivity contribution in [2.45, 2.75) is 53.5 Å². The van der Waals surface area contributed by atoms with Crippen LogP contribution in [0.2, 0.25) is 0 Å². The van der Waals surface area contributed by atoms with Crippen molar-refractivity contribution in [3.05, 3.63) is 11.8 Å². The molecule has 14 heavy (non-hydrogen) atoms. The van der Waals surface area contributed by atoms with Crippen LogP contribution in [0.1, 0.15) is 47.5 Å². The number of rotatable bonds is 4. The third kappa shape index (κ3) is 4.45. The first kappa shape index (κ1) is 13.2. The van der Waals surface area contributed by atoms with E-state index in [1.807, 2.05) is 6.21 Å². The first-order chi connectivity index (χ1) is 6.45. The molecule has 0 aromatic carbocycles. The van der Waals surface area contributed by atoms with Gasteiger partial charge in [-0.2, -0.15) is 0 Å². The van der Waals surface area contributed by atoms with E-state index in [0.29, 0.717) is 6.04 Å². The van der Waals surface area contributed by atoms with Gasteiger partial charge in [-0.05, 0) is 30.0 Å². The van der Waals surface area contributed by atoms with Crippen molar-refractivity contribution in [2.24, 2.45) is 16.1 Å². The molecule has 0 rings (SSSR count). The van der Waals surface area contributed by atoms with Gasteiger partial charge < -0.3 is 5.73 Å². The summed E-state index contributed by atoms with van der Waals surface area (Å²) < 4.78 is 0. The van der Waals surface area contributed by atoms with Gasteiger partial charge in [-0.25, -0.2) is 0 Å². The van der Waals surface area contributed by atoms with E-state index >= 15 is 0 Å². The summed E-state index contributed by atoms with van der Waals surface area (Å²) in [5.74, 6) is 0. The zero-order valence-electron chi connectivity index (χ0n) is 10.2. The summed E-state index contributed by atoms with van der Waals surface area (Å²) in [5.41, 5.74) is 6.76. The maximum absolute atomic E-state index is 5.57. The van der Waals surface area contributed by atoms with Crippen LogP contribution in [0.4, 0.5) is 0 Å². The zero-order valence-corrected chi connectivity index (χ0v) is 10.2. The van der Waals surface area contributed by atoms with E-state index in [1.165, 1.54) is 0 Å². The molecule has 0 radical (unpaired) electrons. The number of nitrogens with two attached hydrogens (primary N) is 1. The zero-order chi connectivity index (χ0) is 11.2. The highest BCUT2D eigenvalue weighted by Gasteiger charge is 2.14. The van der Waals surface area contributed by atoms with Crippen LogP contribution in [0.15, 0.2) is 16.8 Å². The highest BCUT2D eigenvalue weighted by molar-refractivity contribution is 5.80. The van der Waals surface area contributed by atoms with Crippen molar-refractivity contribution >= 4 is 6.21 Å². The van der Waals surface area contributed by atoms with Crippen LogP contribution in [-0.4, -0.2) is 12.3 Å². The van der Waals surface area contributed by atoms with Gasteiger partial charge in [0, 0.05) is 12.3 Å². The molecule has 0 unspecified atom stereocenters. The molecule has 0 bridgehead atoms. The van der Waals surface area contributed by atoms with Crippen LogP contribution >= 0.6 is 0 Å². The van der Waals surface area contributed by atoms with Gasteiger partial charge in [0.2, 0.25) is 0 Å². The molecule has 0 aliphatic rings. The second-order valence-corrected chi connectivity index (χ2v) is 4.62. The fraction of sp³-hybridized carbons (Fsp3) is 0.750. The summed E-state index contributed by atoms with van der Waals surface area (Å²) in [6.07, 6.45) is 5.77. The molecule has 0 amide bonds. The van der Waals surface area contributed by atoms with Crippen molar-refractivity contribution in [3.63, 3.8) is 0 Å². The molecule has 0 aromatic rings. The van der Waals surface area contributed by atoms with Crippen molar-refractivity contribution in [1.82, 2.24) is 0 Å². The lowest BCUT2D eigenvalue weighted by Crippen LogP contribution is -2.13. The molecule has 0 saturated heterocycles. The highest BCUT2D eigenvalue weighted by Crippen LogP contribution is 2.22. The van der Waals surface area contributed by atoms with Crippen molar-refractivity contribution < 1.29 is 0 Å². The molecular weight excluding hydrogens is 172 g/mol. The topological polar surface area (TPSA) is 38.4 Å². The second kappa shape index (κ2) is 5.84. The molecule has 2 N–H and O–H groups in total. The van der Waals surface area contributed by atoms with Crippen LogP contribution in [0.25, 0.3) is 0 Å². The maximum atomic E-state index is 5.57. The quantitative estimate of drug-likeness (QED) is 0.689. The van der Waals surface area contributed by atoms with Gasteiger partial charge in [0.05, 0.1) is 0 Å². The number of allylic oxidation sites excluding steroid dienone is 1. The Balaban J connectivity index is 4.48. The van der Waals surface area contributed by atoms with Crippen LogP contribution in [0.5, 0.6) is 0 Å². The smallest absolute Gasteiger partial charge is 0.0494 e. The minimum atomic E-state index is 0.0876. The van der Waals surface area contributed by atoms with Gasteiger partial charge in [-0.1, -0.05) is 34.6 Å². The minimum Gasteiger partial charge on any atom is -0.404 e. The third-order valence-corrected chi connectivity index (χ3v) is 2.41. The molecule has 0 aliphatic carbocycles. The monoisotopic (exact) mass is 196 g/mol. The van der Waals surface area contributed by atoms with Gasteiger partial charge in [0.25, 0.3) is 0 Å². The predicted octanol–water partition coefficient (Wildman–Crippen LogP) is 3.13. The Morgan fingerprint density at radius 3 is 2.07 bits per heavy atom. The van der Waals surface area contributed by atoms with Crippen molar-refractivity contribution in [2.75, 3.05) is 0 Å². The summed E-state index contributed by atoms with van der Waals surface area (Å²) in [6.45, 7) is 10.8. The molecule has 0 spiro atoms. The fourth-order valence-corrected chi connectivity index (χ4v) is 1.17. The lowest BCUT2D eigenvalue weighted by Gasteiger charge is -2.19. The Morgan fingerprint density at radius 1 is 1.29 bits per heavy atom. The number of hydrogen-bond acceptors (Lipinski definition) is 2. The summed E-state index contributed by atoms with van der Waals surface area (Å²) in [5, 5.41) is 0. The van der Waals surface area contributed by atoms with Gasteiger partial charge in [0.15, 0.2) is 0 Å². The number of aliphatic imine (C=N–C) groups is 1. The fourth-order valence-electron chi connectivity index (χ4n) is 1.17. The Kier molecular flexibility index (Phi) is 5.51. The van der Waals surface area contributed by atoms with E-state index in [9.17, 15) is 0 Å². The van der Waals surface area contributed by atoms with Crippen LogP contribution in [0.3, 0.4) is 0 Å². The van der Waals surface area contributed by atoms with E-state index in [0.717, 1.165) is 18.4 Å². The molecule has 0 aromatic heterocycles. The largest absolute Gasteiger partial charge is 0.404 e. The average Bonchev–Trinajstić information content (AvgIpc) is 2.10. The molecule has 0 heterocycles.